The first kappa shape index (κ1) is 20.6. The lowest BCUT2D eigenvalue weighted by Crippen LogP contribution is -2.22. The van der Waals surface area contributed by atoms with E-state index >= 15 is 0 Å². The summed E-state index contributed by atoms with van der Waals surface area (Å²) in [7, 11) is 2.58. The molecule has 0 aromatic heterocycles. The number of nitro benzene ring substituents is 1. The average Bonchev–Trinajstić information content (AvgIpc) is 2.67. The summed E-state index contributed by atoms with van der Waals surface area (Å²) in [6.45, 7) is 0.921. The number of esters is 1. The summed E-state index contributed by atoms with van der Waals surface area (Å²) in [5.74, 6) is -2.44. The highest BCUT2D eigenvalue weighted by Crippen LogP contribution is 2.34. The monoisotopic (exact) mass is 392 g/mol. The number of aryl methyl sites for hydroxylation is 1. The third kappa shape index (κ3) is 4.72. The maximum atomic E-state index is 13.7. The fraction of sp³-hybridized carbons (Fsp3) is 0.222. The van der Waals surface area contributed by atoms with Crippen molar-refractivity contribution >= 4 is 23.3 Å². The lowest BCUT2D eigenvalue weighted by atomic mass is 10.1. The first-order valence-corrected chi connectivity index (χ1v) is 7.90. The minimum Gasteiger partial charge on any atom is -0.493 e. The number of benzene rings is 2. The third-order valence-electron chi connectivity index (χ3n) is 3.65. The van der Waals surface area contributed by atoms with Gasteiger partial charge in [-0.2, -0.15) is 0 Å². The summed E-state index contributed by atoms with van der Waals surface area (Å²) in [6.07, 6.45) is 0. The Hall–Kier alpha value is -3.69. The highest BCUT2D eigenvalue weighted by atomic mass is 19.1. The highest BCUT2D eigenvalue weighted by Gasteiger charge is 2.26. The van der Waals surface area contributed by atoms with E-state index in [1.807, 2.05) is 0 Å². The Kier molecular flexibility index (Phi) is 6.48. The average molecular weight is 392 g/mol. The molecular formula is C18H17FN2O7. The van der Waals surface area contributed by atoms with Crippen LogP contribution in [0.4, 0.5) is 15.8 Å². The van der Waals surface area contributed by atoms with Crippen LogP contribution in [0.15, 0.2) is 30.3 Å². The van der Waals surface area contributed by atoms with Gasteiger partial charge in [0, 0.05) is 6.07 Å². The second kappa shape index (κ2) is 8.80. The smallest absolute Gasteiger partial charge is 0.345 e. The van der Waals surface area contributed by atoms with Crippen LogP contribution in [0, 0.1) is 22.9 Å². The Bertz CT molecular complexity index is 930. The van der Waals surface area contributed by atoms with Crippen molar-refractivity contribution in [2.75, 3.05) is 26.1 Å². The number of anilines is 1. The van der Waals surface area contributed by atoms with Crippen LogP contribution in [0.25, 0.3) is 0 Å². The van der Waals surface area contributed by atoms with Crippen molar-refractivity contribution in [3.05, 3.63) is 57.4 Å². The van der Waals surface area contributed by atoms with Crippen molar-refractivity contribution in [1.82, 2.24) is 0 Å². The van der Waals surface area contributed by atoms with E-state index in [0.717, 1.165) is 12.1 Å². The van der Waals surface area contributed by atoms with Crippen molar-refractivity contribution in [1.29, 1.82) is 0 Å². The van der Waals surface area contributed by atoms with Crippen LogP contribution in [-0.2, 0) is 9.53 Å². The maximum Gasteiger partial charge on any atom is 0.345 e. The quantitative estimate of drug-likeness (QED) is 0.437. The second-order valence-electron chi connectivity index (χ2n) is 5.59. The van der Waals surface area contributed by atoms with Crippen molar-refractivity contribution in [3.8, 4) is 11.5 Å². The molecular weight excluding hydrogens is 375 g/mol. The van der Waals surface area contributed by atoms with Gasteiger partial charge in [-0.15, -0.1) is 0 Å². The van der Waals surface area contributed by atoms with Crippen LogP contribution in [0.5, 0.6) is 11.5 Å². The molecule has 0 aliphatic carbocycles. The van der Waals surface area contributed by atoms with E-state index in [-0.39, 0.29) is 17.2 Å². The number of carbonyl (C=O) groups excluding carboxylic acids is 2. The zero-order valence-corrected chi connectivity index (χ0v) is 15.3. The summed E-state index contributed by atoms with van der Waals surface area (Å²) < 4.78 is 28.5. The third-order valence-corrected chi connectivity index (χ3v) is 3.65. The molecule has 2 aromatic carbocycles. The van der Waals surface area contributed by atoms with Crippen LogP contribution < -0.4 is 14.8 Å². The Balaban J connectivity index is 2.13. The SMILES string of the molecule is COc1cc(C(=O)OCC(=O)Nc2ccc(C)cc2F)c([N+](=O)[O-])cc1OC. The van der Waals surface area contributed by atoms with E-state index in [9.17, 15) is 24.1 Å². The van der Waals surface area contributed by atoms with Gasteiger partial charge >= 0.3 is 5.97 Å². The molecule has 0 atom stereocenters. The summed E-state index contributed by atoms with van der Waals surface area (Å²) in [5.41, 5.74) is -0.406. The Morgan fingerprint density at radius 2 is 1.79 bits per heavy atom. The number of methoxy groups -OCH3 is 2. The molecule has 10 heteroatoms. The number of nitrogens with zero attached hydrogens (tertiary/aromatic N) is 1. The summed E-state index contributed by atoms with van der Waals surface area (Å²) in [5, 5.41) is 13.5. The van der Waals surface area contributed by atoms with Gasteiger partial charge < -0.3 is 19.5 Å². The van der Waals surface area contributed by atoms with E-state index < -0.39 is 40.5 Å². The number of halogens is 1. The molecule has 0 aliphatic rings. The first-order valence-electron chi connectivity index (χ1n) is 7.90. The van der Waals surface area contributed by atoms with Gasteiger partial charge in [-0.3, -0.25) is 14.9 Å². The standard InChI is InChI=1S/C18H17FN2O7/c1-10-4-5-13(12(19)6-10)20-17(22)9-28-18(23)11-7-15(26-2)16(27-3)8-14(11)21(24)25/h4-8H,9H2,1-3H3,(H,20,22). The minimum atomic E-state index is -1.12. The van der Waals surface area contributed by atoms with Crippen LogP contribution >= 0.6 is 0 Å². The predicted octanol–water partition coefficient (Wildman–Crippen LogP) is 2.86. The van der Waals surface area contributed by atoms with Gasteiger partial charge in [-0.1, -0.05) is 6.07 Å². The van der Waals surface area contributed by atoms with Crippen molar-refractivity contribution in [2.24, 2.45) is 0 Å². The molecule has 148 valence electrons. The minimum absolute atomic E-state index is 0.0540. The summed E-state index contributed by atoms with van der Waals surface area (Å²) >= 11 is 0. The number of carbonyl (C=O) groups is 2. The Labute approximate surface area is 159 Å². The fourth-order valence-corrected chi connectivity index (χ4v) is 2.30. The van der Waals surface area contributed by atoms with Gasteiger partial charge in [0.05, 0.1) is 30.9 Å². The van der Waals surface area contributed by atoms with Crippen molar-refractivity contribution in [3.63, 3.8) is 0 Å². The molecule has 0 fully saturated rings. The van der Waals surface area contributed by atoms with Crippen LogP contribution in [-0.4, -0.2) is 37.6 Å². The lowest BCUT2D eigenvalue weighted by Gasteiger charge is -2.11. The molecule has 28 heavy (non-hydrogen) atoms. The maximum absolute atomic E-state index is 13.7. The summed E-state index contributed by atoms with van der Waals surface area (Å²) in [6, 6.07) is 6.28. The molecule has 0 unspecified atom stereocenters. The van der Waals surface area contributed by atoms with E-state index in [0.29, 0.717) is 5.56 Å². The van der Waals surface area contributed by atoms with Gasteiger partial charge in [-0.05, 0) is 24.6 Å². The molecule has 0 spiro atoms. The number of nitro groups is 1. The van der Waals surface area contributed by atoms with Crippen LogP contribution in [0.3, 0.4) is 0 Å². The van der Waals surface area contributed by atoms with Gasteiger partial charge in [0.2, 0.25) is 0 Å². The normalized spacial score (nSPS) is 10.1. The molecule has 0 aliphatic heterocycles. The zero-order valence-electron chi connectivity index (χ0n) is 15.3. The number of nitrogens with one attached hydrogen (secondary N) is 1. The fourth-order valence-electron chi connectivity index (χ4n) is 2.30. The first-order chi connectivity index (χ1) is 13.3. The summed E-state index contributed by atoms with van der Waals surface area (Å²) in [4.78, 5) is 34.6. The molecule has 0 heterocycles. The zero-order chi connectivity index (χ0) is 20.8. The van der Waals surface area contributed by atoms with E-state index in [4.69, 9.17) is 14.2 Å². The van der Waals surface area contributed by atoms with E-state index in [2.05, 4.69) is 5.32 Å². The number of rotatable bonds is 7. The molecule has 0 saturated heterocycles. The van der Waals surface area contributed by atoms with Crippen LogP contribution in [0.2, 0.25) is 0 Å². The molecule has 0 radical (unpaired) electrons. The number of hydrogen-bond acceptors (Lipinski definition) is 7. The van der Waals surface area contributed by atoms with Crippen molar-refractivity contribution in [2.45, 2.75) is 6.92 Å². The molecule has 1 amide bonds. The van der Waals surface area contributed by atoms with Gasteiger partial charge in [0.25, 0.3) is 11.6 Å². The Morgan fingerprint density at radius 1 is 1.14 bits per heavy atom. The Morgan fingerprint density at radius 3 is 2.36 bits per heavy atom. The van der Waals surface area contributed by atoms with Gasteiger partial charge in [-0.25, -0.2) is 9.18 Å². The molecule has 2 rings (SSSR count). The molecule has 0 saturated carbocycles. The van der Waals surface area contributed by atoms with Crippen LogP contribution in [0.1, 0.15) is 15.9 Å². The highest BCUT2D eigenvalue weighted by molar-refractivity contribution is 5.98. The second-order valence-corrected chi connectivity index (χ2v) is 5.59. The molecule has 2 aromatic rings. The molecule has 1 N–H and O–H groups in total. The topological polar surface area (TPSA) is 117 Å². The van der Waals surface area contributed by atoms with E-state index in [1.54, 1.807) is 13.0 Å². The number of ether oxygens (including phenoxy) is 3. The number of amides is 1. The lowest BCUT2D eigenvalue weighted by molar-refractivity contribution is -0.385. The van der Waals surface area contributed by atoms with Crippen molar-refractivity contribution < 1.29 is 33.1 Å². The molecule has 0 bridgehead atoms. The predicted molar refractivity (Wildman–Crippen MR) is 96.2 cm³/mol. The largest absolute Gasteiger partial charge is 0.493 e. The number of hydrogen-bond donors (Lipinski definition) is 1. The van der Waals surface area contributed by atoms with Gasteiger partial charge in [0.15, 0.2) is 18.1 Å². The molecule has 9 nitrogen and oxygen atoms in total. The van der Waals surface area contributed by atoms with Gasteiger partial charge in [0.1, 0.15) is 11.4 Å². The van der Waals surface area contributed by atoms with E-state index in [1.165, 1.54) is 26.4 Å².